The third kappa shape index (κ3) is 4.63. The lowest BCUT2D eigenvalue weighted by Crippen LogP contribution is -2.31. The van der Waals surface area contributed by atoms with Crippen LogP contribution in [0.25, 0.3) is 21.5 Å². The lowest BCUT2D eigenvalue weighted by Gasteiger charge is -2.21. The van der Waals surface area contributed by atoms with Gasteiger partial charge in [0.2, 0.25) is 0 Å². The molecule has 0 aliphatic heterocycles. The summed E-state index contributed by atoms with van der Waals surface area (Å²) < 4.78 is 22.3. The van der Waals surface area contributed by atoms with E-state index in [0.717, 1.165) is 16.0 Å². The molecule has 2 aromatic heterocycles. The summed E-state index contributed by atoms with van der Waals surface area (Å²) in [4.78, 5) is 21.1. The molecule has 5 aromatic rings. The fourth-order valence-electron chi connectivity index (χ4n) is 3.92. The second kappa shape index (κ2) is 10.1. The summed E-state index contributed by atoms with van der Waals surface area (Å²) in [6.45, 7) is 0.174. The van der Waals surface area contributed by atoms with Crippen molar-refractivity contribution in [2.75, 3.05) is 26.2 Å². The fourth-order valence-corrected chi connectivity index (χ4v) is 4.64. The minimum atomic E-state index is -0.281. The maximum absolute atomic E-state index is 13.8. The number of amides is 1. The van der Waals surface area contributed by atoms with Crippen LogP contribution >= 0.6 is 11.3 Å². The molecule has 182 valence electrons. The van der Waals surface area contributed by atoms with E-state index in [1.807, 2.05) is 41.8 Å². The molecule has 0 saturated carbocycles. The van der Waals surface area contributed by atoms with Crippen LogP contribution in [0.2, 0.25) is 0 Å². The Morgan fingerprint density at radius 3 is 2.50 bits per heavy atom. The van der Waals surface area contributed by atoms with Gasteiger partial charge >= 0.3 is 6.01 Å². The number of oxazole rings is 1. The molecule has 0 atom stereocenters. The van der Waals surface area contributed by atoms with Crippen molar-refractivity contribution in [2.24, 2.45) is 0 Å². The highest BCUT2D eigenvalue weighted by Crippen LogP contribution is 2.33. The van der Waals surface area contributed by atoms with E-state index in [1.165, 1.54) is 4.90 Å². The lowest BCUT2D eigenvalue weighted by molar-refractivity contribution is 0.0979. The van der Waals surface area contributed by atoms with Crippen LogP contribution < -0.4 is 19.1 Å². The van der Waals surface area contributed by atoms with Gasteiger partial charge in [0.05, 0.1) is 27.9 Å². The number of carbonyl (C=O) groups excluding carboxylic acids is 1. The zero-order chi connectivity index (χ0) is 25.1. The molecule has 1 amide bonds. The van der Waals surface area contributed by atoms with Gasteiger partial charge in [0.1, 0.15) is 22.8 Å². The van der Waals surface area contributed by atoms with Crippen LogP contribution in [-0.2, 0) is 6.54 Å². The largest absolute Gasteiger partial charge is 0.497 e. The number of nitrogens with zero attached hydrogens (tertiary/aromatic N) is 2. The Kier molecular flexibility index (Phi) is 6.60. The molecule has 8 heteroatoms. The summed E-state index contributed by atoms with van der Waals surface area (Å²) in [6, 6.07) is 22.6. The number of aromatic nitrogens is 1. The molecule has 0 saturated heterocycles. The SMILES string of the molecule is COc1cccc(C(=O)N(Cc2ccc(OC)cc2OC)c2nc3cc(-c4cccs4)ccc3o2)c1. The van der Waals surface area contributed by atoms with Gasteiger partial charge in [0.25, 0.3) is 5.91 Å². The van der Waals surface area contributed by atoms with E-state index in [0.29, 0.717) is 33.9 Å². The number of fused-ring (bicyclic) bond motifs is 1. The van der Waals surface area contributed by atoms with Gasteiger partial charge in [-0.2, -0.15) is 4.98 Å². The third-order valence-corrected chi connectivity index (χ3v) is 6.72. The molecule has 0 bridgehead atoms. The Labute approximate surface area is 212 Å². The first-order chi connectivity index (χ1) is 17.6. The Balaban J connectivity index is 1.58. The molecular weight excluding hydrogens is 476 g/mol. The van der Waals surface area contributed by atoms with Crippen LogP contribution in [-0.4, -0.2) is 32.2 Å². The lowest BCUT2D eigenvalue weighted by atomic mass is 10.1. The first-order valence-corrected chi connectivity index (χ1v) is 12.1. The zero-order valence-electron chi connectivity index (χ0n) is 20.1. The monoisotopic (exact) mass is 500 g/mol. The second-order valence-electron chi connectivity index (χ2n) is 7.96. The Hall–Kier alpha value is -4.30. The normalized spacial score (nSPS) is 10.9. The zero-order valence-corrected chi connectivity index (χ0v) is 20.9. The number of methoxy groups -OCH3 is 3. The molecule has 0 unspecified atom stereocenters. The third-order valence-electron chi connectivity index (χ3n) is 5.80. The molecule has 0 aliphatic rings. The molecule has 0 N–H and O–H groups in total. The number of thiophene rings is 1. The molecule has 0 radical (unpaired) electrons. The van der Waals surface area contributed by atoms with E-state index >= 15 is 0 Å². The quantitative estimate of drug-likeness (QED) is 0.244. The number of ether oxygens (including phenoxy) is 3. The van der Waals surface area contributed by atoms with Gasteiger partial charge in [0, 0.05) is 22.1 Å². The van der Waals surface area contributed by atoms with Gasteiger partial charge in [-0.25, -0.2) is 0 Å². The van der Waals surface area contributed by atoms with Gasteiger partial charge in [-0.15, -0.1) is 11.3 Å². The molecule has 3 aromatic carbocycles. The highest BCUT2D eigenvalue weighted by atomic mass is 32.1. The van der Waals surface area contributed by atoms with Crippen molar-refractivity contribution in [1.29, 1.82) is 0 Å². The van der Waals surface area contributed by atoms with Crippen molar-refractivity contribution in [2.45, 2.75) is 6.54 Å². The summed E-state index contributed by atoms with van der Waals surface area (Å²) >= 11 is 1.65. The molecule has 36 heavy (non-hydrogen) atoms. The minimum Gasteiger partial charge on any atom is -0.497 e. The second-order valence-corrected chi connectivity index (χ2v) is 8.90. The molecule has 0 spiro atoms. The number of carbonyl (C=O) groups is 1. The number of rotatable bonds is 8. The van der Waals surface area contributed by atoms with Gasteiger partial charge < -0.3 is 18.6 Å². The number of benzene rings is 3. The minimum absolute atomic E-state index is 0.174. The summed E-state index contributed by atoms with van der Waals surface area (Å²) in [5.41, 5.74) is 3.52. The number of hydrogen-bond donors (Lipinski definition) is 0. The van der Waals surface area contributed by atoms with Crippen LogP contribution in [0.5, 0.6) is 17.2 Å². The predicted molar refractivity (Wildman–Crippen MR) is 140 cm³/mol. The van der Waals surface area contributed by atoms with Crippen molar-refractivity contribution in [1.82, 2.24) is 4.98 Å². The Morgan fingerprint density at radius 1 is 0.917 bits per heavy atom. The van der Waals surface area contributed by atoms with E-state index in [9.17, 15) is 4.79 Å². The van der Waals surface area contributed by atoms with Crippen molar-refractivity contribution in [3.8, 4) is 27.7 Å². The standard InChI is InChI=1S/C28H24N2O5S/c1-32-21-7-4-6-19(14-21)27(31)30(17-20-9-11-22(33-2)16-25(20)34-3)28-29-23-15-18(10-12-24(23)35-28)26-8-5-13-36-26/h4-16H,17H2,1-3H3. The van der Waals surface area contributed by atoms with E-state index in [2.05, 4.69) is 6.07 Å². The number of hydrogen-bond acceptors (Lipinski definition) is 7. The maximum atomic E-state index is 13.8. The van der Waals surface area contributed by atoms with Gasteiger partial charge in [-0.1, -0.05) is 12.1 Å². The molecule has 2 heterocycles. The molecule has 0 aliphatic carbocycles. The van der Waals surface area contributed by atoms with E-state index in [-0.39, 0.29) is 18.5 Å². The predicted octanol–water partition coefficient (Wildman–Crippen LogP) is 6.43. The summed E-state index contributed by atoms with van der Waals surface area (Å²) in [6.07, 6.45) is 0. The van der Waals surface area contributed by atoms with Crippen molar-refractivity contribution in [3.05, 3.63) is 89.3 Å². The average Bonchev–Trinajstić information content (AvgIpc) is 3.61. The van der Waals surface area contributed by atoms with Crippen molar-refractivity contribution >= 4 is 34.4 Å². The topological polar surface area (TPSA) is 74.0 Å². The van der Waals surface area contributed by atoms with Gasteiger partial charge in [0.15, 0.2) is 5.58 Å². The smallest absolute Gasteiger partial charge is 0.305 e. The van der Waals surface area contributed by atoms with Crippen LogP contribution in [0.3, 0.4) is 0 Å². The van der Waals surface area contributed by atoms with E-state index in [4.69, 9.17) is 23.6 Å². The van der Waals surface area contributed by atoms with Gasteiger partial charge in [-0.3, -0.25) is 9.69 Å². The van der Waals surface area contributed by atoms with Gasteiger partial charge in [-0.05, 0) is 65.5 Å². The molecular formula is C28H24N2O5S. The maximum Gasteiger partial charge on any atom is 0.305 e. The first-order valence-electron chi connectivity index (χ1n) is 11.2. The van der Waals surface area contributed by atoms with Crippen molar-refractivity contribution in [3.63, 3.8) is 0 Å². The summed E-state index contributed by atoms with van der Waals surface area (Å²) in [7, 11) is 4.74. The van der Waals surface area contributed by atoms with E-state index < -0.39 is 0 Å². The Bertz CT molecular complexity index is 1510. The summed E-state index contributed by atoms with van der Waals surface area (Å²) in [5, 5.41) is 2.03. The Morgan fingerprint density at radius 2 is 1.75 bits per heavy atom. The van der Waals surface area contributed by atoms with Crippen LogP contribution in [0.1, 0.15) is 15.9 Å². The average molecular weight is 501 g/mol. The van der Waals surface area contributed by atoms with E-state index in [1.54, 1.807) is 63.0 Å². The first kappa shape index (κ1) is 23.4. The van der Waals surface area contributed by atoms with Crippen LogP contribution in [0.4, 0.5) is 6.01 Å². The highest BCUT2D eigenvalue weighted by molar-refractivity contribution is 7.13. The molecule has 5 rings (SSSR count). The fraction of sp³-hybridized carbons (Fsp3) is 0.143. The van der Waals surface area contributed by atoms with Crippen molar-refractivity contribution < 1.29 is 23.4 Å². The molecule has 0 fully saturated rings. The van der Waals surface area contributed by atoms with Crippen LogP contribution in [0, 0.1) is 0 Å². The highest BCUT2D eigenvalue weighted by Gasteiger charge is 2.25. The summed E-state index contributed by atoms with van der Waals surface area (Å²) in [5.74, 6) is 1.55. The van der Waals surface area contributed by atoms with Crippen LogP contribution in [0.15, 0.2) is 82.6 Å². The molecule has 7 nitrogen and oxygen atoms in total. The number of anilines is 1.